The molecule has 2 rings (SSSR count). The average molecular weight is 390 g/mol. The van der Waals surface area contributed by atoms with Crippen LogP contribution in [0.15, 0.2) is 30.3 Å². The standard InChI is InChI=1S/C22H35N3O3/c1-5-6-12-19(17(3)28-15-18-10-8-7-9-11-18)23-14-21(26)24-20-13-16(2)25(4)22(20)27/h7-11,16-17,19-20,23H,5-6,12-15H2,1-4H3,(H,24,26). The maximum Gasteiger partial charge on any atom is 0.245 e. The highest BCUT2D eigenvalue weighted by Gasteiger charge is 2.35. The smallest absolute Gasteiger partial charge is 0.245 e. The molecule has 4 unspecified atom stereocenters. The molecule has 6 nitrogen and oxygen atoms in total. The summed E-state index contributed by atoms with van der Waals surface area (Å²) in [7, 11) is 1.78. The van der Waals surface area contributed by atoms with Crippen LogP contribution in [0.5, 0.6) is 0 Å². The molecule has 0 spiro atoms. The molecule has 1 aliphatic heterocycles. The third-order valence-corrected chi connectivity index (χ3v) is 5.53. The van der Waals surface area contributed by atoms with Crippen LogP contribution in [0.3, 0.4) is 0 Å². The summed E-state index contributed by atoms with van der Waals surface area (Å²) in [5.41, 5.74) is 1.14. The van der Waals surface area contributed by atoms with E-state index in [0.29, 0.717) is 13.0 Å². The van der Waals surface area contributed by atoms with Crippen molar-refractivity contribution in [2.75, 3.05) is 13.6 Å². The predicted octanol–water partition coefficient (Wildman–Crippen LogP) is 2.48. The largest absolute Gasteiger partial charge is 0.372 e. The van der Waals surface area contributed by atoms with Crippen LogP contribution in [0.2, 0.25) is 0 Å². The van der Waals surface area contributed by atoms with Gasteiger partial charge in [0.25, 0.3) is 0 Å². The lowest BCUT2D eigenvalue weighted by atomic mass is 10.0. The maximum atomic E-state index is 12.4. The number of hydrogen-bond donors (Lipinski definition) is 2. The van der Waals surface area contributed by atoms with Crippen LogP contribution in [0, 0.1) is 0 Å². The number of nitrogens with zero attached hydrogens (tertiary/aromatic N) is 1. The van der Waals surface area contributed by atoms with Crippen molar-refractivity contribution in [3.05, 3.63) is 35.9 Å². The molecule has 0 aliphatic carbocycles. The van der Waals surface area contributed by atoms with E-state index in [1.807, 2.05) is 44.2 Å². The van der Waals surface area contributed by atoms with E-state index in [0.717, 1.165) is 24.8 Å². The number of rotatable bonds is 11. The molecule has 1 aromatic carbocycles. The van der Waals surface area contributed by atoms with E-state index >= 15 is 0 Å². The van der Waals surface area contributed by atoms with Gasteiger partial charge in [-0.05, 0) is 32.3 Å². The Morgan fingerprint density at radius 1 is 1.32 bits per heavy atom. The minimum Gasteiger partial charge on any atom is -0.372 e. The van der Waals surface area contributed by atoms with Gasteiger partial charge < -0.3 is 20.3 Å². The van der Waals surface area contributed by atoms with Gasteiger partial charge >= 0.3 is 0 Å². The van der Waals surface area contributed by atoms with Crippen molar-refractivity contribution in [3.63, 3.8) is 0 Å². The summed E-state index contributed by atoms with van der Waals surface area (Å²) in [5, 5.41) is 6.20. The molecule has 2 N–H and O–H groups in total. The first-order valence-electron chi connectivity index (χ1n) is 10.4. The fourth-order valence-corrected chi connectivity index (χ4v) is 3.50. The number of hydrogen-bond acceptors (Lipinski definition) is 4. The summed E-state index contributed by atoms with van der Waals surface area (Å²) in [6.45, 7) is 6.94. The quantitative estimate of drug-likeness (QED) is 0.610. The van der Waals surface area contributed by atoms with Crippen molar-refractivity contribution >= 4 is 11.8 Å². The second-order valence-electron chi connectivity index (χ2n) is 7.79. The zero-order chi connectivity index (χ0) is 20.5. The van der Waals surface area contributed by atoms with Gasteiger partial charge in [0.05, 0.1) is 19.3 Å². The lowest BCUT2D eigenvalue weighted by Gasteiger charge is -2.26. The minimum absolute atomic E-state index is 0.0112. The van der Waals surface area contributed by atoms with Gasteiger partial charge in [-0.1, -0.05) is 50.1 Å². The van der Waals surface area contributed by atoms with Crippen molar-refractivity contribution in [3.8, 4) is 0 Å². The molecule has 4 atom stereocenters. The van der Waals surface area contributed by atoms with Gasteiger partial charge in [-0.3, -0.25) is 9.59 Å². The first-order chi connectivity index (χ1) is 13.4. The Hall–Kier alpha value is -1.92. The van der Waals surface area contributed by atoms with Crippen molar-refractivity contribution in [1.82, 2.24) is 15.5 Å². The minimum atomic E-state index is -0.407. The molecule has 1 saturated heterocycles. The SMILES string of the molecule is CCCCC(NCC(=O)NC1CC(C)N(C)C1=O)C(C)OCc1ccccc1. The van der Waals surface area contributed by atoms with Gasteiger partial charge in [-0.15, -0.1) is 0 Å². The molecule has 0 bridgehead atoms. The van der Waals surface area contributed by atoms with E-state index in [4.69, 9.17) is 4.74 Å². The molecule has 1 aromatic rings. The van der Waals surface area contributed by atoms with Crippen molar-refractivity contribution < 1.29 is 14.3 Å². The zero-order valence-corrected chi connectivity index (χ0v) is 17.6. The zero-order valence-electron chi connectivity index (χ0n) is 17.6. The highest BCUT2D eigenvalue weighted by molar-refractivity contribution is 5.89. The fraction of sp³-hybridized carbons (Fsp3) is 0.636. The Balaban J connectivity index is 1.81. The molecular formula is C22H35N3O3. The first-order valence-corrected chi connectivity index (χ1v) is 10.4. The Labute approximate surface area is 169 Å². The number of nitrogens with one attached hydrogen (secondary N) is 2. The van der Waals surface area contributed by atoms with Crippen molar-refractivity contribution in [2.24, 2.45) is 0 Å². The summed E-state index contributed by atoms with van der Waals surface area (Å²) in [6, 6.07) is 9.94. The van der Waals surface area contributed by atoms with Gasteiger partial charge in [-0.25, -0.2) is 0 Å². The lowest BCUT2D eigenvalue weighted by molar-refractivity contribution is -0.132. The molecule has 1 aliphatic rings. The molecule has 2 amide bonds. The first kappa shape index (κ1) is 22.4. The van der Waals surface area contributed by atoms with Crippen molar-refractivity contribution in [1.29, 1.82) is 0 Å². The number of ether oxygens (including phenoxy) is 1. The normalized spacial score (nSPS) is 21.6. The van der Waals surface area contributed by atoms with Gasteiger partial charge in [-0.2, -0.15) is 0 Å². The molecule has 156 valence electrons. The summed E-state index contributed by atoms with van der Waals surface area (Å²) in [6.07, 6.45) is 3.76. The summed E-state index contributed by atoms with van der Waals surface area (Å²) < 4.78 is 6.04. The van der Waals surface area contributed by atoms with E-state index in [1.54, 1.807) is 11.9 Å². The number of benzene rings is 1. The molecule has 0 aromatic heterocycles. The van der Waals surface area contributed by atoms with E-state index < -0.39 is 6.04 Å². The molecular weight excluding hydrogens is 354 g/mol. The fourth-order valence-electron chi connectivity index (χ4n) is 3.50. The maximum absolute atomic E-state index is 12.4. The lowest BCUT2D eigenvalue weighted by Crippen LogP contribution is -2.48. The van der Waals surface area contributed by atoms with Gasteiger partial charge in [0, 0.05) is 19.1 Å². The van der Waals surface area contributed by atoms with Crippen LogP contribution >= 0.6 is 0 Å². The molecule has 28 heavy (non-hydrogen) atoms. The number of likely N-dealkylation sites (N-methyl/N-ethyl adjacent to an activating group) is 1. The average Bonchev–Trinajstić information content (AvgIpc) is 2.93. The third kappa shape index (κ3) is 6.60. The highest BCUT2D eigenvalue weighted by Crippen LogP contribution is 2.16. The van der Waals surface area contributed by atoms with E-state index in [9.17, 15) is 9.59 Å². The molecule has 6 heteroatoms. The number of likely N-dealkylation sites (tertiary alicyclic amines) is 1. The van der Waals surface area contributed by atoms with Gasteiger partial charge in [0.1, 0.15) is 6.04 Å². The van der Waals surface area contributed by atoms with Gasteiger partial charge in [0.15, 0.2) is 0 Å². The number of amides is 2. The van der Waals surface area contributed by atoms with Crippen LogP contribution in [0.1, 0.15) is 52.0 Å². The second kappa shape index (κ2) is 11.2. The van der Waals surface area contributed by atoms with Crippen LogP contribution in [-0.4, -0.2) is 54.5 Å². The number of unbranched alkanes of at least 4 members (excludes halogenated alkanes) is 1. The Morgan fingerprint density at radius 2 is 2.04 bits per heavy atom. The molecule has 1 heterocycles. The molecule has 0 radical (unpaired) electrons. The number of carbonyl (C=O) groups excluding carboxylic acids is 2. The Bertz CT molecular complexity index is 623. The van der Waals surface area contributed by atoms with E-state index in [-0.39, 0.29) is 36.5 Å². The topological polar surface area (TPSA) is 70.7 Å². The van der Waals surface area contributed by atoms with Crippen LogP contribution in [0.25, 0.3) is 0 Å². The van der Waals surface area contributed by atoms with Crippen molar-refractivity contribution in [2.45, 2.75) is 77.3 Å². The van der Waals surface area contributed by atoms with Crippen LogP contribution < -0.4 is 10.6 Å². The molecule has 0 saturated carbocycles. The van der Waals surface area contributed by atoms with Crippen LogP contribution in [-0.2, 0) is 20.9 Å². The predicted molar refractivity (Wildman–Crippen MR) is 111 cm³/mol. The Morgan fingerprint density at radius 3 is 2.64 bits per heavy atom. The third-order valence-electron chi connectivity index (χ3n) is 5.53. The summed E-state index contributed by atoms with van der Waals surface area (Å²) in [5.74, 6) is -0.152. The summed E-state index contributed by atoms with van der Waals surface area (Å²) in [4.78, 5) is 26.2. The highest BCUT2D eigenvalue weighted by atomic mass is 16.5. The Kier molecular flexibility index (Phi) is 8.93. The monoisotopic (exact) mass is 389 g/mol. The molecule has 1 fully saturated rings. The summed E-state index contributed by atoms with van der Waals surface area (Å²) >= 11 is 0. The van der Waals surface area contributed by atoms with Crippen LogP contribution in [0.4, 0.5) is 0 Å². The van der Waals surface area contributed by atoms with E-state index in [1.165, 1.54) is 0 Å². The van der Waals surface area contributed by atoms with Gasteiger partial charge in [0.2, 0.25) is 11.8 Å². The second-order valence-corrected chi connectivity index (χ2v) is 7.79. The number of carbonyl (C=O) groups is 2. The van der Waals surface area contributed by atoms with E-state index in [2.05, 4.69) is 17.6 Å².